The molecule has 0 atom stereocenters. The zero-order chi connectivity index (χ0) is 14.4. The molecule has 7 heteroatoms. The number of hydrogen-bond donors (Lipinski definition) is 1. The van der Waals surface area contributed by atoms with Gasteiger partial charge in [0.05, 0.1) is 0 Å². The van der Waals surface area contributed by atoms with Crippen molar-refractivity contribution >= 4 is 28.6 Å². The second kappa shape index (κ2) is 4.09. The van der Waals surface area contributed by atoms with Crippen molar-refractivity contribution < 1.29 is 28.3 Å². The predicted octanol–water partition coefficient (Wildman–Crippen LogP) is 1.53. The molecule has 1 aliphatic rings. The van der Waals surface area contributed by atoms with Gasteiger partial charge in [0, 0.05) is 11.6 Å². The maximum atomic E-state index is 11.6. The van der Waals surface area contributed by atoms with E-state index in [-0.39, 0.29) is 23.0 Å². The number of carbonyl (C=O) groups excluding carboxylic acids is 2. The molecule has 1 amide bonds. The van der Waals surface area contributed by atoms with Crippen LogP contribution >= 0.6 is 0 Å². The molecule has 0 saturated heterocycles. The molecule has 3 rings (SSSR count). The van der Waals surface area contributed by atoms with Crippen molar-refractivity contribution in [2.45, 2.75) is 6.92 Å². The Balaban J connectivity index is 1.77. The number of amides is 1. The molecule has 2 aromatic heterocycles. The minimum Gasteiger partial charge on any atom is -0.480 e. The first-order valence-electron chi connectivity index (χ1n) is 5.67. The number of esters is 1. The van der Waals surface area contributed by atoms with Crippen LogP contribution in [0.3, 0.4) is 0 Å². The fourth-order valence-corrected chi connectivity index (χ4v) is 1.81. The summed E-state index contributed by atoms with van der Waals surface area (Å²) in [5.41, 5.74) is 0.728. The fraction of sp³-hybridized carbons (Fsp3) is 0.154. The normalized spacial score (nSPS) is 14.3. The van der Waals surface area contributed by atoms with Gasteiger partial charge in [0.2, 0.25) is 5.76 Å². The number of furan rings is 2. The Labute approximate surface area is 112 Å². The third kappa shape index (κ3) is 1.71. The number of rotatable bonds is 3. The number of aromatic hydroxyl groups is 1. The van der Waals surface area contributed by atoms with Crippen molar-refractivity contribution in [3.05, 3.63) is 29.7 Å². The molecule has 0 spiro atoms. The third-order valence-corrected chi connectivity index (χ3v) is 2.73. The summed E-state index contributed by atoms with van der Waals surface area (Å²) in [6.45, 7) is 4.37. The number of carbonyl (C=O) groups is 2. The van der Waals surface area contributed by atoms with Crippen LogP contribution in [0.5, 0.6) is 5.95 Å². The van der Waals surface area contributed by atoms with Crippen LogP contribution in [-0.2, 0) is 14.3 Å². The summed E-state index contributed by atoms with van der Waals surface area (Å²) >= 11 is 0. The molecule has 1 N–H and O–H groups in total. The Kier molecular flexibility index (Phi) is 2.50. The molecular formula is C13H9NO6. The minimum absolute atomic E-state index is 0.184. The van der Waals surface area contributed by atoms with Gasteiger partial charge in [-0.25, -0.2) is 9.79 Å². The van der Waals surface area contributed by atoms with E-state index >= 15 is 0 Å². The summed E-state index contributed by atoms with van der Waals surface area (Å²) in [7, 11) is 0. The van der Waals surface area contributed by atoms with Crippen molar-refractivity contribution in [3.8, 4) is 5.95 Å². The Hall–Kier alpha value is -2.83. The highest BCUT2D eigenvalue weighted by Gasteiger charge is 2.33. The van der Waals surface area contributed by atoms with Crippen LogP contribution in [0.2, 0.25) is 0 Å². The average Bonchev–Trinajstić information content (AvgIpc) is 3.00. The first-order valence-corrected chi connectivity index (χ1v) is 5.67. The van der Waals surface area contributed by atoms with Gasteiger partial charge >= 0.3 is 5.97 Å². The highest BCUT2D eigenvalue weighted by Crippen LogP contribution is 2.40. The van der Waals surface area contributed by atoms with Crippen LogP contribution in [-0.4, -0.2) is 29.3 Å². The number of fused-ring (bicyclic) bond motifs is 1. The fourth-order valence-electron chi connectivity index (χ4n) is 1.81. The number of aliphatic imine (C=N–C) groups is 1. The summed E-state index contributed by atoms with van der Waals surface area (Å²) in [6.07, 6.45) is 0. The second-order valence-corrected chi connectivity index (χ2v) is 4.30. The summed E-state index contributed by atoms with van der Waals surface area (Å²) in [6, 6.07) is 1.52. The number of hydrogen-bond acceptors (Lipinski definition) is 6. The van der Waals surface area contributed by atoms with Gasteiger partial charge in [-0.15, -0.1) is 0 Å². The predicted molar refractivity (Wildman–Crippen MR) is 66.6 cm³/mol. The van der Waals surface area contributed by atoms with Crippen molar-refractivity contribution in [1.82, 2.24) is 0 Å². The highest BCUT2D eigenvalue weighted by molar-refractivity contribution is 6.24. The smallest absolute Gasteiger partial charge is 0.333 e. The summed E-state index contributed by atoms with van der Waals surface area (Å²) < 4.78 is 15.0. The van der Waals surface area contributed by atoms with Gasteiger partial charge in [-0.1, -0.05) is 6.58 Å². The molecule has 20 heavy (non-hydrogen) atoms. The second-order valence-electron chi connectivity index (χ2n) is 4.30. The van der Waals surface area contributed by atoms with Gasteiger partial charge in [-0.2, -0.15) is 0 Å². The molecule has 2 bridgehead atoms. The molecule has 0 unspecified atom stereocenters. The van der Waals surface area contributed by atoms with E-state index in [1.54, 1.807) is 0 Å². The Bertz CT molecular complexity index is 791. The van der Waals surface area contributed by atoms with Gasteiger partial charge in [0.25, 0.3) is 11.9 Å². The van der Waals surface area contributed by atoms with E-state index in [1.807, 2.05) is 0 Å². The van der Waals surface area contributed by atoms with Crippen molar-refractivity contribution in [3.63, 3.8) is 0 Å². The lowest BCUT2D eigenvalue weighted by atomic mass is 10.1. The Morgan fingerprint density at radius 1 is 1.45 bits per heavy atom. The molecule has 3 heterocycles. The number of nitrogens with zero attached hydrogens (tertiary/aromatic N) is 1. The van der Waals surface area contributed by atoms with E-state index in [4.69, 9.17) is 8.83 Å². The summed E-state index contributed by atoms with van der Waals surface area (Å²) in [5, 5.41) is 9.90. The lowest BCUT2D eigenvalue weighted by Crippen LogP contribution is -2.14. The standard InChI is InChI=1S/C13H9NO6/c1-5(2)12(16)18-4-8(15)14-9-7-3-6-10(19-7)11(9)20-13(6)17/h3,17H,1,4H2,2H3. The summed E-state index contributed by atoms with van der Waals surface area (Å²) in [5.74, 6) is -1.08. The summed E-state index contributed by atoms with van der Waals surface area (Å²) in [4.78, 5) is 26.5. The van der Waals surface area contributed by atoms with Crippen LogP contribution in [0.4, 0.5) is 0 Å². The molecule has 2 aromatic rings. The van der Waals surface area contributed by atoms with Crippen LogP contribution in [0.1, 0.15) is 18.4 Å². The van der Waals surface area contributed by atoms with E-state index in [1.165, 1.54) is 13.0 Å². The molecule has 0 aromatic carbocycles. The van der Waals surface area contributed by atoms with E-state index < -0.39 is 18.5 Å². The molecule has 0 fully saturated rings. The van der Waals surface area contributed by atoms with E-state index in [0.717, 1.165) is 0 Å². The molecular weight excluding hydrogens is 266 g/mol. The Morgan fingerprint density at radius 2 is 2.20 bits per heavy atom. The largest absolute Gasteiger partial charge is 0.480 e. The van der Waals surface area contributed by atoms with Gasteiger partial charge in [0.1, 0.15) is 5.39 Å². The molecule has 0 aliphatic carbocycles. The van der Waals surface area contributed by atoms with Gasteiger partial charge in [-0.3, -0.25) is 4.79 Å². The Morgan fingerprint density at radius 3 is 2.90 bits per heavy atom. The molecule has 0 radical (unpaired) electrons. The van der Waals surface area contributed by atoms with Gasteiger partial charge < -0.3 is 18.7 Å². The number of ether oxygens (including phenoxy) is 1. The third-order valence-electron chi connectivity index (χ3n) is 2.73. The van der Waals surface area contributed by atoms with E-state index in [0.29, 0.717) is 16.7 Å². The van der Waals surface area contributed by atoms with Crippen LogP contribution in [0.15, 0.2) is 32.0 Å². The molecule has 1 aliphatic heterocycles. The zero-order valence-corrected chi connectivity index (χ0v) is 10.4. The highest BCUT2D eigenvalue weighted by atomic mass is 16.5. The lowest BCUT2D eigenvalue weighted by Gasteiger charge is -2.01. The molecule has 7 nitrogen and oxygen atoms in total. The molecule has 102 valence electrons. The van der Waals surface area contributed by atoms with Crippen molar-refractivity contribution in [2.75, 3.05) is 6.61 Å². The maximum absolute atomic E-state index is 11.6. The van der Waals surface area contributed by atoms with Gasteiger partial charge in [-0.05, 0) is 6.92 Å². The zero-order valence-electron chi connectivity index (χ0n) is 10.4. The average molecular weight is 275 g/mol. The first-order chi connectivity index (χ1) is 9.47. The van der Waals surface area contributed by atoms with Crippen LogP contribution < -0.4 is 0 Å². The maximum Gasteiger partial charge on any atom is 0.333 e. The van der Waals surface area contributed by atoms with Crippen LogP contribution in [0, 0.1) is 0 Å². The molecule has 0 saturated carbocycles. The SMILES string of the molecule is C=C(C)C(=O)OCC(=O)N=C1c2cc3c(O)oc1c3o2. The quantitative estimate of drug-likeness (QED) is 0.574. The van der Waals surface area contributed by atoms with E-state index in [2.05, 4.69) is 16.3 Å². The van der Waals surface area contributed by atoms with Gasteiger partial charge in [0.15, 0.2) is 23.7 Å². The lowest BCUT2D eigenvalue weighted by molar-refractivity contribution is -0.143. The van der Waals surface area contributed by atoms with Crippen molar-refractivity contribution in [1.29, 1.82) is 0 Å². The first kappa shape index (κ1) is 12.2. The van der Waals surface area contributed by atoms with Crippen molar-refractivity contribution in [2.24, 2.45) is 4.99 Å². The van der Waals surface area contributed by atoms with Crippen LogP contribution in [0.25, 0.3) is 11.0 Å². The monoisotopic (exact) mass is 275 g/mol. The van der Waals surface area contributed by atoms with E-state index in [9.17, 15) is 14.7 Å². The topological polar surface area (TPSA) is 102 Å². The minimum atomic E-state index is -0.670.